The smallest absolute Gasteiger partial charge is 0.220 e. The topological polar surface area (TPSA) is 52.6 Å². The Morgan fingerprint density at radius 2 is 1.95 bits per heavy atom. The highest BCUT2D eigenvalue weighted by atomic mass is 35.5. The Balaban J connectivity index is 1.53. The van der Waals surface area contributed by atoms with E-state index in [0.29, 0.717) is 6.42 Å². The number of nitrogens with zero attached hydrogens (tertiary/aromatic N) is 1. The molecule has 0 atom stereocenters. The van der Waals surface area contributed by atoms with Gasteiger partial charge in [0.15, 0.2) is 0 Å². The van der Waals surface area contributed by atoms with E-state index in [2.05, 4.69) is 10.2 Å². The summed E-state index contributed by atoms with van der Waals surface area (Å²) in [6.45, 7) is 3.64. The number of hydrogen-bond acceptors (Lipinski definition) is 3. The normalized spacial score (nSPS) is 16.6. The molecule has 0 spiro atoms. The van der Waals surface area contributed by atoms with E-state index >= 15 is 0 Å². The summed E-state index contributed by atoms with van der Waals surface area (Å²) in [5.74, 6) is 0.101. The third kappa shape index (κ3) is 6.34. The zero-order valence-electron chi connectivity index (χ0n) is 12.9. The third-order valence-corrected chi connectivity index (χ3v) is 4.34. The first-order valence-corrected chi connectivity index (χ1v) is 8.43. The molecule has 4 nitrogen and oxygen atoms in total. The number of amides is 1. The molecule has 1 aromatic rings. The summed E-state index contributed by atoms with van der Waals surface area (Å²) >= 11 is 5.83. The Kier molecular flexibility index (Phi) is 7.16. The van der Waals surface area contributed by atoms with E-state index < -0.39 is 0 Å². The number of nitrogens with one attached hydrogen (secondary N) is 1. The lowest BCUT2D eigenvalue weighted by molar-refractivity contribution is -0.121. The molecule has 0 bridgehead atoms. The number of aliphatic hydroxyl groups excluding tert-OH is 1. The second-order valence-electron chi connectivity index (χ2n) is 5.90. The van der Waals surface area contributed by atoms with Crippen LogP contribution in [0.1, 0.15) is 31.2 Å². The number of rotatable bonds is 7. The van der Waals surface area contributed by atoms with Gasteiger partial charge in [0.2, 0.25) is 5.91 Å². The summed E-state index contributed by atoms with van der Waals surface area (Å²) in [6.07, 6.45) is 3.83. The molecule has 0 aromatic heterocycles. The van der Waals surface area contributed by atoms with Crippen LogP contribution < -0.4 is 5.32 Å². The van der Waals surface area contributed by atoms with Crippen LogP contribution in [0.25, 0.3) is 0 Å². The van der Waals surface area contributed by atoms with Crippen molar-refractivity contribution in [2.45, 2.75) is 38.2 Å². The van der Waals surface area contributed by atoms with Crippen molar-refractivity contribution in [3.05, 3.63) is 34.9 Å². The fourth-order valence-corrected chi connectivity index (χ4v) is 2.80. The molecule has 1 aliphatic heterocycles. The fraction of sp³-hybridized carbons (Fsp3) is 0.588. The molecule has 1 saturated heterocycles. The Morgan fingerprint density at radius 3 is 2.64 bits per heavy atom. The first kappa shape index (κ1) is 17.3. The predicted molar refractivity (Wildman–Crippen MR) is 89.1 cm³/mol. The highest BCUT2D eigenvalue weighted by molar-refractivity contribution is 6.30. The van der Waals surface area contributed by atoms with E-state index in [4.69, 9.17) is 11.6 Å². The van der Waals surface area contributed by atoms with Crippen molar-refractivity contribution in [2.75, 3.05) is 26.2 Å². The number of likely N-dealkylation sites (tertiary alicyclic amines) is 1. The Labute approximate surface area is 137 Å². The number of halogens is 1. The van der Waals surface area contributed by atoms with E-state index in [1.807, 2.05) is 24.3 Å². The summed E-state index contributed by atoms with van der Waals surface area (Å²) < 4.78 is 0. The molecule has 0 radical (unpaired) electrons. The van der Waals surface area contributed by atoms with Gasteiger partial charge in [-0.2, -0.15) is 0 Å². The number of aryl methyl sites for hydroxylation is 1. The van der Waals surface area contributed by atoms with Crippen molar-refractivity contribution in [2.24, 2.45) is 0 Å². The lowest BCUT2D eigenvalue weighted by Crippen LogP contribution is -2.37. The molecule has 2 rings (SSSR count). The number of carbonyl (C=O) groups excluding carboxylic acids is 1. The maximum atomic E-state index is 11.8. The van der Waals surface area contributed by atoms with Crippen LogP contribution in [0.4, 0.5) is 0 Å². The van der Waals surface area contributed by atoms with Crippen molar-refractivity contribution in [3.63, 3.8) is 0 Å². The molecular weight excluding hydrogens is 300 g/mol. The number of piperidine rings is 1. The van der Waals surface area contributed by atoms with E-state index in [9.17, 15) is 9.90 Å². The van der Waals surface area contributed by atoms with Crippen LogP contribution in [0, 0.1) is 0 Å². The molecule has 1 amide bonds. The minimum atomic E-state index is -0.121. The molecular formula is C17H25ClN2O2. The van der Waals surface area contributed by atoms with E-state index in [0.717, 1.165) is 62.4 Å². The molecule has 1 fully saturated rings. The van der Waals surface area contributed by atoms with Crippen LogP contribution in [-0.2, 0) is 11.2 Å². The highest BCUT2D eigenvalue weighted by Crippen LogP contribution is 2.11. The predicted octanol–water partition coefficient (Wildman–Crippen LogP) is 2.24. The molecule has 2 N–H and O–H groups in total. The first-order chi connectivity index (χ1) is 10.6. The molecule has 22 heavy (non-hydrogen) atoms. The molecule has 1 heterocycles. The van der Waals surface area contributed by atoms with Gasteiger partial charge in [-0.1, -0.05) is 23.7 Å². The zero-order valence-corrected chi connectivity index (χ0v) is 13.7. The molecule has 0 aliphatic carbocycles. The molecule has 0 saturated carbocycles. The SMILES string of the molecule is O=C(CCc1ccc(Cl)cc1)NCCCN1CCC(O)CC1. The van der Waals surface area contributed by atoms with Crippen molar-refractivity contribution in [1.29, 1.82) is 0 Å². The number of aliphatic hydroxyl groups is 1. The molecule has 122 valence electrons. The standard InChI is InChI=1S/C17H25ClN2O2/c18-15-5-2-14(3-6-15)4-7-17(22)19-10-1-11-20-12-8-16(21)9-13-20/h2-3,5-6,16,21H,1,4,7-13H2,(H,19,22). The zero-order chi connectivity index (χ0) is 15.8. The van der Waals surface area contributed by atoms with Crippen LogP contribution in [-0.4, -0.2) is 48.2 Å². The van der Waals surface area contributed by atoms with Crippen molar-refractivity contribution in [1.82, 2.24) is 10.2 Å². The number of carbonyl (C=O) groups is 1. The van der Waals surface area contributed by atoms with Gasteiger partial charge >= 0.3 is 0 Å². The molecule has 0 unspecified atom stereocenters. The second kappa shape index (κ2) is 9.13. The third-order valence-electron chi connectivity index (χ3n) is 4.08. The number of benzene rings is 1. The second-order valence-corrected chi connectivity index (χ2v) is 6.34. The Bertz CT molecular complexity index is 456. The van der Waals surface area contributed by atoms with Gasteiger partial charge in [0.05, 0.1) is 6.10 Å². The highest BCUT2D eigenvalue weighted by Gasteiger charge is 2.16. The monoisotopic (exact) mass is 324 g/mol. The van der Waals surface area contributed by atoms with Gasteiger partial charge in [-0.25, -0.2) is 0 Å². The molecule has 1 aliphatic rings. The van der Waals surface area contributed by atoms with Crippen LogP contribution in [0.5, 0.6) is 0 Å². The average molecular weight is 325 g/mol. The summed E-state index contributed by atoms with van der Waals surface area (Å²) in [4.78, 5) is 14.1. The van der Waals surface area contributed by atoms with E-state index in [1.54, 1.807) is 0 Å². The number of hydrogen-bond donors (Lipinski definition) is 2. The Hall–Kier alpha value is -1.10. The molecule has 1 aromatic carbocycles. The van der Waals surface area contributed by atoms with Crippen LogP contribution in [0.2, 0.25) is 5.02 Å². The summed E-state index contributed by atoms with van der Waals surface area (Å²) in [6, 6.07) is 7.62. The van der Waals surface area contributed by atoms with E-state index in [-0.39, 0.29) is 12.0 Å². The first-order valence-electron chi connectivity index (χ1n) is 8.05. The van der Waals surface area contributed by atoms with Crippen molar-refractivity contribution in [3.8, 4) is 0 Å². The molecule has 5 heteroatoms. The minimum absolute atomic E-state index is 0.101. The fourth-order valence-electron chi connectivity index (χ4n) is 2.67. The van der Waals surface area contributed by atoms with Crippen LogP contribution in [0.3, 0.4) is 0 Å². The lowest BCUT2D eigenvalue weighted by Gasteiger charge is -2.29. The van der Waals surface area contributed by atoms with Gasteiger partial charge in [0, 0.05) is 31.1 Å². The van der Waals surface area contributed by atoms with Gasteiger partial charge < -0.3 is 15.3 Å². The van der Waals surface area contributed by atoms with Crippen molar-refractivity contribution >= 4 is 17.5 Å². The maximum Gasteiger partial charge on any atom is 0.220 e. The van der Waals surface area contributed by atoms with Crippen LogP contribution in [0.15, 0.2) is 24.3 Å². The maximum absolute atomic E-state index is 11.8. The minimum Gasteiger partial charge on any atom is -0.393 e. The lowest BCUT2D eigenvalue weighted by atomic mass is 10.1. The quantitative estimate of drug-likeness (QED) is 0.756. The van der Waals surface area contributed by atoms with Gasteiger partial charge in [-0.3, -0.25) is 4.79 Å². The van der Waals surface area contributed by atoms with Gasteiger partial charge in [-0.15, -0.1) is 0 Å². The van der Waals surface area contributed by atoms with Gasteiger partial charge in [0.25, 0.3) is 0 Å². The van der Waals surface area contributed by atoms with E-state index in [1.165, 1.54) is 0 Å². The van der Waals surface area contributed by atoms with Gasteiger partial charge in [0.1, 0.15) is 0 Å². The summed E-state index contributed by atoms with van der Waals surface area (Å²) in [5, 5.41) is 13.1. The largest absolute Gasteiger partial charge is 0.393 e. The Morgan fingerprint density at radius 1 is 1.27 bits per heavy atom. The van der Waals surface area contributed by atoms with Crippen molar-refractivity contribution < 1.29 is 9.90 Å². The van der Waals surface area contributed by atoms with Gasteiger partial charge in [-0.05, 0) is 49.9 Å². The summed E-state index contributed by atoms with van der Waals surface area (Å²) in [5.41, 5.74) is 1.13. The van der Waals surface area contributed by atoms with Crippen LogP contribution >= 0.6 is 11.6 Å². The average Bonchev–Trinajstić information content (AvgIpc) is 2.53. The summed E-state index contributed by atoms with van der Waals surface area (Å²) in [7, 11) is 0.